The first-order valence-electron chi connectivity index (χ1n) is 6.42. The number of nitrogens with zero attached hydrogens (tertiary/aromatic N) is 1. The van der Waals surface area contributed by atoms with E-state index in [2.05, 4.69) is 5.32 Å². The number of hydrogen-bond acceptors (Lipinski definition) is 4. The summed E-state index contributed by atoms with van der Waals surface area (Å²) < 4.78 is 29.2. The Hall–Kier alpha value is -1.38. The molecule has 1 heterocycles. The maximum absolute atomic E-state index is 12.1. The zero-order valence-electron chi connectivity index (χ0n) is 11.3. The lowest BCUT2D eigenvalue weighted by atomic mass is 10.3. The predicted octanol–water partition coefficient (Wildman–Crippen LogP) is -0.0783. The molecule has 1 aliphatic rings. The van der Waals surface area contributed by atoms with Gasteiger partial charge in [0.2, 0.25) is 10.0 Å². The molecule has 1 saturated carbocycles. The summed E-state index contributed by atoms with van der Waals surface area (Å²) in [5.74, 6) is 0.266. The van der Waals surface area contributed by atoms with Crippen LogP contribution >= 0.6 is 0 Å². The summed E-state index contributed by atoms with van der Waals surface area (Å²) in [6.45, 7) is 1.39. The largest absolute Gasteiger partial charge is 0.383 e. The van der Waals surface area contributed by atoms with Gasteiger partial charge in [-0.3, -0.25) is 4.79 Å². The van der Waals surface area contributed by atoms with Gasteiger partial charge < -0.3 is 14.6 Å². The first-order chi connectivity index (χ1) is 9.41. The second-order valence-electron chi connectivity index (χ2n) is 4.95. The van der Waals surface area contributed by atoms with E-state index in [1.54, 1.807) is 4.57 Å². The predicted molar refractivity (Wildman–Crippen MR) is 72.7 cm³/mol. The Bertz CT molecular complexity index is 590. The smallest absolute Gasteiger partial charge is 0.267 e. The Morgan fingerprint density at radius 3 is 2.80 bits per heavy atom. The maximum Gasteiger partial charge on any atom is 0.267 e. The highest BCUT2D eigenvalue weighted by Gasteiger charge is 2.24. The summed E-state index contributed by atoms with van der Waals surface area (Å²) >= 11 is 0. The number of methoxy groups -OCH3 is 1. The fraction of sp³-hybridized carbons (Fsp3) is 0.583. The van der Waals surface area contributed by atoms with E-state index in [0.717, 1.165) is 12.8 Å². The van der Waals surface area contributed by atoms with Crippen LogP contribution in [-0.4, -0.2) is 39.2 Å². The van der Waals surface area contributed by atoms with Gasteiger partial charge in [0.1, 0.15) is 10.6 Å². The third kappa shape index (κ3) is 3.81. The summed E-state index contributed by atoms with van der Waals surface area (Å²) in [5.41, 5.74) is 0.284. The number of ether oxygens (including phenoxy) is 1. The van der Waals surface area contributed by atoms with Crippen LogP contribution in [0.3, 0.4) is 0 Å². The number of amides is 1. The second kappa shape index (κ2) is 5.94. The van der Waals surface area contributed by atoms with Gasteiger partial charge in [-0.25, -0.2) is 13.6 Å². The van der Waals surface area contributed by atoms with Crippen molar-refractivity contribution in [3.8, 4) is 0 Å². The minimum absolute atomic E-state index is 0.0647. The molecule has 1 fully saturated rings. The Kier molecular flexibility index (Phi) is 4.46. The molecule has 3 N–H and O–H groups in total. The number of carbonyl (C=O) groups is 1. The highest BCUT2D eigenvalue weighted by molar-refractivity contribution is 7.89. The van der Waals surface area contributed by atoms with E-state index in [4.69, 9.17) is 9.88 Å². The molecule has 0 spiro atoms. The molecule has 20 heavy (non-hydrogen) atoms. The van der Waals surface area contributed by atoms with Gasteiger partial charge in [-0.2, -0.15) is 0 Å². The number of nitrogens with two attached hydrogens (primary N) is 1. The molecular weight excluding hydrogens is 282 g/mol. The molecule has 0 unspecified atom stereocenters. The highest BCUT2D eigenvalue weighted by Crippen LogP contribution is 2.27. The van der Waals surface area contributed by atoms with Gasteiger partial charge in [0.05, 0.1) is 6.61 Å². The van der Waals surface area contributed by atoms with E-state index in [9.17, 15) is 13.2 Å². The van der Waals surface area contributed by atoms with Crippen LogP contribution in [0, 0.1) is 5.92 Å². The van der Waals surface area contributed by atoms with Crippen molar-refractivity contribution in [2.45, 2.75) is 24.3 Å². The molecule has 0 aromatic carbocycles. The Labute approximate surface area is 118 Å². The van der Waals surface area contributed by atoms with E-state index in [1.165, 1.54) is 19.4 Å². The molecule has 0 bridgehead atoms. The van der Waals surface area contributed by atoms with Crippen LogP contribution in [0.25, 0.3) is 0 Å². The van der Waals surface area contributed by atoms with Crippen LogP contribution in [0.4, 0.5) is 0 Å². The summed E-state index contributed by atoms with van der Waals surface area (Å²) in [6, 6.07) is 1.30. The topological polar surface area (TPSA) is 103 Å². The number of primary sulfonamides is 1. The van der Waals surface area contributed by atoms with Crippen molar-refractivity contribution in [3.63, 3.8) is 0 Å². The van der Waals surface area contributed by atoms with Gasteiger partial charge in [-0.05, 0) is 24.8 Å². The highest BCUT2D eigenvalue weighted by atomic mass is 32.2. The molecule has 1 aromatic rings. The van der Waals surface area contributed by atoms with E-state index in [-0.39, 0.29) is 16.5 Å². The monoisotopic (exact) mass is 301 g/mol. The lowest BCUT2D eigenvalue weighted by Gasteiger charge is -2.08. The summed E-state index contributed by atoms with van der Waals surface area (Å²) in [4.78, 5) is 12.0. The molecule has 112 valence electrons. The Morgan fingerprint density at radius 1 is 1.55 bits per heavy atom. The van der Waals surface area contributed by atoms with Gasteiger partial charge in [-0.1, -0.05) is 0 Å². The zero-order chi connectivity index (χ0) is 14.8. The number of aromatic nitrogens is 1. The van der Waals surface area contributed by atoms with Gasteiger partial charge in [0.25, 0.3) is 5.91 Å². The van der Waals surface area contributed by atoms with Gasteiger partial charge in [-0.15, -0.1) is 0 Å². The Balaban J connectivity index is 2.18. The average molecular weight is 301 g/mol. The SMILES string of the molecule is COCCn1cc(S(N)(=O)=O)cc1C(=O)NCC1CC1. The van der Waals surface area contributed by atoms with Crippen molar-refractivity contribution < 1.29 is 17.9 Å². The molecule has 1 aromatic heterocycles. The first-order valence-corrected chi connectivity index (χ1v) is 7.96. The molecular formula is C12H19N3O4S. The first kappa shape index (κ1) is 15.0. The molecule has 1 aliphatic carbocycles. The molecule has 0 saturated heterocycles. The van der Waals surface area contributed by atoms with Crippen LogP contribution in [0.2, 0.25) is 0 Å². The molecule has 0 aliphatic heterocycles. The average Bonchev–Trinajstić information content (AvgIpc) is 3.09. The molecule has 0 radical (unpaired) electrons. The molecule has 0 atom stereocenters. The standard InChI is InChI=1S/C12H19N3O4S/c1-19-5-4-15-8-10(20(13,17)18)6-11(15)12(16)14-7-9-2-3-9/h6,8-9H,2-5,7H2,1H3,(H,14,16)(H2,13,17,18). The number of carbonyl (C=O) groups excluding carboxylic acids is 1. The lowest BCUT2D eigenvalue weighted by molar-refractivity contribution is 0.0939. The number of rotatable bonds is 7. The normalized spacial score (nSPS) is 15.3. The molecule has 8 heteroatoms. The number of hydrogen-bond donors (Lipinski definition) is 2. The number of sulfonamides is 1. The van der Waals surface area contributed by atoms with Crippen LogP contribution in [0.15, 0.2) is 17.2 Å². The molecule has 2 rings (SSSR count). The van der Waals surface area contributed by atoms with Crippen molar-refractivity contribution in [2.24, 2.45) is 11.1 Å². The van der Waals surface area contributed by atoms with Crippen molar-refractivity contribution in [2.75, 3.05) is 20.3 Å². The van der Waals surface area contributed by atoms with Crippen molar-refractivity contribution in [1.29, 1.82) is 0 Å². The zero-order valence-corrected chi connectivity index (χ0v) is 12.1. The minimum atomic E-state index is -3.82. The van der Waals surface area contributed by atoms with Crippen LogP contribution < -0.4 is 10.5 Å². The van der Waals surface area contributed by atoms with Crippen molar-refractivity contribution >= 4 is 15.9 Å². The quantitative estimate of drug-likeness (QED) is 0.735. The second-order valence-corrected chi connectivity index (χ2v) is 6.51. The summed E-state index contributed by atoms with van der Waals surface area (Å²) in [5, 5.41) is 7.90. The third-order valence-corrected chi connectivity index (χ3v) is 4.10. The number of nitrogens with one attached hydrogen (secondary N) is 1. The van der Waals surface area contributed by atoms with E-state index in [0.29, 0.717) is 25.6 Å². The van der Waals surface area contributed by atoms with Gasteiger partial charge in [0.15, 0.2) is 0 Å². The van der Waals surface area contributed by atoms with E-state index >= 15 is 0 Å². The molecule has 1 amide bonds. The van der Waals surface area contributed by atoms with Gasteiger partial charge in [0, 0.05) is 26.4 Å². The summed E-state index contributed by atoms with van der Waals surface area (Å²) in [7, 11) is -2.29. The minimum Gasteiger partial charge on any atom is -0.383 e. The molecule has 7 nitrogen and oxygen atoms in total. The Morgan fingerprint density at radius 2 is 2.25 bits per heavy atom. The fourth-order valence-electron chi connectivity index (χ4n) is 1.85. The van der Waals surface area contributed by atoms with Crippen molar-refractivity contribution in [1.82, 2.24) is 9.88 Å². The fourth-order valence-corrected chi connectivity index (χ4v) is 2.40. The van der Waals surface area contributed by atoms with Gasteiger partial charge >= 0.3 is 0 Å². The lowest BCUT2D eigenvalue weighted by Crippen LogP contribution is -2.28. The van der Waals surface area contributed by atoms with Crippen molar-refractivity contribution in [3.05, 3.63) is 18.0 Å². The van der Waals surface area contributed by atoms with E-state index < -0.39 is 10.0 Å². The van der Waals surface area contributed by atoms with E-state index in [1.807, 2.05) is 0 Å². The van der Waals surface area contributed by atoms with Crippen LogP contribution in [0.5, 0.6) is 0 Å². The van der Waals surface area contributed by atoms with Crippen LogP contribution in [-0.2, 0) is 21.3 Å². The third-order valence-electron chi connectivity index (χ3n) is 3.22. The van der Waals surface area contributed by atoms with Crippen LogP contribution in [0.1, 0.15) is 23.3 Å². The summed E-state index contributed by atoms with van der Waals surface area (Å²) in [6.07, 6.45) is 3.63. The maximum atomic E-state index is 12.1.